The SMILES string of the molecule is CN=[S@@](C)(=O)c1ccccc1Nc1cc(CC(=O)C2CC2)nc2c1N=C(C)C2. The lowest BCUT2D eigenvalue weighted by Crippen LogP contribution is -2.09. The van der Waals surface area contributed by atoms with Gasteiger partial charge in [0.1, 0.15) is 11.5 Å². The summed E-state index contributed by atoms with van der Waals surface area (Å²) >= 11 is 0. The van der Waals surface area contributed by atoms with Crippen molar-refractivity contribution in [3.8, 4) is 0 Å². The number of aliphatic imine (C=N–C) groups is 1. The second-order valence-electron chi connectivity index (χ2n) is 7.50. The van der Waals surface area contributed by atoms with Crippen LogP contribution in [0.15, 0.2) is 44.6 Å². The van der Waals surface area contributed by atoms with E-state index in [1.807, 2.05) is 37.3 Å². The van der Waals surface area contributed by atoms with Crippen LogP contribution in [-0.4, -0.2) is 34.0 Å². The van der Waals surface area contributed by atoms with E-state index in [0.717, 1.165) is 47.0 Å². The number of nitrogens with zero attached hydrogens (tertiary/aromatic N) is 3. The van der Waals surface area contributed by atoms with Gasteiger partial charge in [0.2, 0.25) is 0 Å². The number of Topliss-reactive ketones (excluding diaryl/α,β-unsaturated/α-hetero) is 1. The molecule has 1 aromatic heterocycles. The molecule has 0 saturated heterocycles. The van der Waals surface area contributed by atoms with E-state index >= 15 is 0 Å². The number of benzene rings is 1. The zero-order chi connectivity index (χ0) is 19.9. The van der Waals surface area contributed by atoms with Crippen LogP contribution >= 0.6 is 0 Å². The molecule has 1 aliphatic carbocycles. The fraction of sp³-hybridized carbons (Fsp3) is 0.381. The van der Waals surface area contributed by atoms with E-state index in [2.05, 4.69) is 14.7 Å². The van der Waals surface area contributed by atoms with Crippen LogP contribution in [0.3, 0.4) is 0 Å². The maximum Gasteiger partial charge on any atom is 0.141 e. The molecule has 1 aliphatic heterocycles. The summed E-state index contributed by atoms with van der Waals surface area (Å²) in [5.41, 5.74) is 4.96. The van der Waals surface area contributed by atoms with Crippen molar-refractivity contribution >= 4 is 38.3 Å². The van der Waals surface area contributed by atoms with Crippen molar-refractivity contribution in [1.82, 2.24) is 4.98 Å². The van der Waals surface area contributed by atoms with E-state index in [9.17, 15) is 9.00 Å². The number of carbonyl (C=O) groups excluding carboxylic acids is 1. The Morgan fingerprint density at radius 1 is 1.29 bits per heavy atom. The number of anilines is 2. The minimum atomic E-state index is -2.50. The average Bonchev–Trinajstić information content (AvgIpc) is 3.44. The van der Waals surface area contributed by atoms with E-state index in [1.165, 1.54) is 0 Å². The highest BCUT2D eigenvalue weighted by molar-refractivity contribution is 7.93. The minimum Gasteiger partial charge on any atom is -0.353 e. The van der Waals surface area contributed by atoms with Gasteiger partial charge in [-0.2, -0.15) is 0 Å². The number of pyridine rings is 1. The van der Waals surface area contributed by atoms with Gasteiger partial charge < -0.3 is 5.32 Å². The quantitative estimate of drug-likeness (QED) is 0.797. The molecule has 2 aliphatic rings. The molecule has 28 heavy (non-hydrogen) atoms. The second kappa shape index (κ2) is 7.13. The zero-order valence-electron chi connectivity index (χ0n) is 16.4. The van der Waals surface area contributed by atoms with Crippen LogP contribution in [0.4, 0.5) is 17.1 Å². The van der Waals surface area contributed by atoms with Gasteiger partial charge in [-0.25, -0.2) is 8.57 Å². The monoisotopic (exact) mass is 396 g/mol. The number of nitrogens with one attached hydrogen (secondary N) is 1. The van der Waals surface area contributed by atoms with Crippen LogP contribution in [0.1, 0.15) is 31.2 Å². The van der Waals surface area contributed by atoms with Gasteiger partial charge in [-0.3, -0.25) is 14.8 Å². The molecule has 7 heteroatoms. The Kier molecular flexibility index (Phi) is 4.79. The zero-order valence-corrected chi connectivity index (χ0v) is 17.2. The lowest BCUT2D eigenvalue weighted by molar-refractivity contribution is -0.119. The Bertz CT molecular complexity index is 1110. The lowest BCUT2D eigenvalue weighted by Gasteiger charge is -2.15. The van der Waals surface area contributed by atoms with Crippen LogP contribution in [0.25, 0.3) is 0 Å². The van der Waals surface area contributed by atoms with Crippen LogP contribution in [0.5, 0.6) is 0 Å². The third kappa shape index (κ3) is 3.71. The highest BCUT2D eigenvalue weighted by atomic mass is 32.2. The van der Waals surface area contributed by atoms with E-state index in [1.54, 1.807) is 13.3 Å². The summed E-state index contributed by atoms with van der Waals surface area (Å²) in [6.07, 6.45) is 4.66. The predicted octanol–water partition coefficient (Wildman–Crippen LogP) is 4.08. The molecule has 0 bridgehead atoms. The summed E-state index contributed by atoms with van der Waals surface area (Å²) in [4.78, 5) is 22.3. The first-order chi connectivity index (χ1) is 13.4. The molecule has 1 saturated carbocycles. The predicted molar refractivity (Wildman–Crippen MR) is 113 cm³/mol. The number of fused-ring (bicyclic) bond motifs is 1. The molecular formula is C21H24N4O2S. The number of carbonyl (C=O) groups is 1. The standard InChI is InChI=1S/C21H24N4O2S/c1-13-10-17-21(23-13)18(11-15(24-17)12-19(26)14-8-9-14)25-16-6-4-5-7-20(16)28(3,27)22-2/h4-7,11,14H,8-10,12H2,1-3H3,(H,24,25)/t28-/m0/s1. The molecule has 1 aromatic carbocycles. The van der Waals surface area contributed by atoms with Gasteiger partial charge in [0.25, 0.3) is 0 Å². The van der Waals surface area contributed by atoms with Gasteiger partial charge in [-0.15, -0.1) is 0 Å². The molecule has 146 valence electrons. The number of para-hydroxylation sites is 1. The lowest BCUT2D eigenvalue weighted by atomic mass is 10.1. The van der Waals surface area contributed by atoms with E-state index in [-0.39, 0.29) is 11.7 Å². The Morgan fingerprint density at radius 3 is 2.75 bits per heavy atom. The molecule has 2 aromatic rings. The molecule has 0 unspecified atom stereocenters. The number of hydrogen-bond donors (Lipinski definition) is 1. The van der Waals surface area contributed by atoms with Crippen molar-refractivity contribution in [3.63, 3.8) is 0 Å². The van der Waals surface area contributed by atoms with Gasteiger partial charge in [-0.05, 0) is 38.0 Å². The van der Waals surface area contributed by atoms with E-state index < -0.39 is 9.73 Å². The van der Waals surface area contributed by atoms with Gasteiger partial charge in [0.05, 0.1) is 37.4 Å². The average molecular weight is 397 g/mol. The van der Waals surface area contributed by atoms with Crippen molar-refractivity contribution in [1.29, 1.82) is 0 Å². The Hall–Kier alpha value is -2.54. The normalized spacial score (nSPS) is 17.5. The fourth-order valence-electron chi connectivity index (χ4n) is 3.43. The van der Waals surface area contributed by atoms with Crippen molar-refractivity contribution < 1.29 is 9.00 Å². The second-order valence-corrected chi connectivity index (χ2v) is 9.91. The maximum atomic E-state index is 12.9. The first kappa shape index (κ1) is 18.8. The molecule has 0 radical (unpaired) electrons. The Morgan fingerprint density at radius 2 is 2.04 bits per heavy atom. The third-order valence-electron chi connectivity index (χ3n) is 5.14. The summed E-state index contributed by atoms with van der Waals surface area (Å²) in [5, 5.41) is 3.39. The third-order valence-corrected chi connectivity index (χ3v) is 7.01. The highest BCUT2D eigenvalue weighted by Gasteiger charge is 2.30. The number of ketones is 1. The van der Waals surface area contributed by atoms with Gasteiger partial charge >= 0.3 is 0 Å². The molecule has 0 amide bonds. The first-order valence-electron chi connectivity index (χ1n) is 9.43. The topological polar surface area (TPSA) is 83.8 Å². The van der Waals surface area contributed by atoms with Crippen molar-refractivity contribution in [3.05, 3.63) is 41.7 Å². The molecule has 1 fully saturated rings. The molecule has 4 rings (SSSR count). The molecular weight excluding hydrogens is 372 g/mol. The molecule has 2 heterocycles. The maximum absolute atomic E-state index is 12.9. The van der Waals surface area contributed by atoms with Gasteiger partial charge in [0.15, 0.2) is 0 Å². The van der Waals surface area contributed by atoms with Gasteiger partial charge in [-0.1, -0.05) is 12.1 Å². The fourth-order valence-corrected chi connectivity index (χ4v) is 4.48. The summed E-state index contributed by atoms with van der Waals surface area (Å²) in [6, 6.07) is 9.36. The summed E-state index contributed by atoms with van der Waals surface area (Å²) in [5.74, 6) is 0.469. The Balaban J connectivity index is 1.74. The summed E-state index contributed by atoms with van der Waals surface area (Å²) < 4.78 is 16.9. The number of aromatic nitrogens is 1. The largest absolute Gasteiger partial charge is 0.353 e. The first-order valence-corrected chi connectivity index (χ1v) is 11.4. The molecule has 1 atom stereocenters. The molecule has 1 N–H and O–H groups in total. The van der Waals surface area contributed by atoms with Crippen molar-refractivity contribution in [2.24, 2.45) is 15.3 Å². The molecule has 0 spiro atoms. The van der Waals surface area contributed by atoms with Crippen molar-refractivity contribution in [2.45, 2.75) is 37.5 Å². The number of hydrogen-bond acceptors (Lipinski definition) is 6. The van der Waals surface area contributed by atoms with Gasteiger partial charge in [0, 0.05) is 37.8 Å². The molecule has 6 nitrogen and oxygen atoms in total. The van der Waals surface area contributed by atoms with Crippen molar-refractivity contribution in [2.75, 3.05) is 18.6 Å². The summed E-state index contributed by atoms with van der Waals surface area (Å²) in [6.45, 7) is 1.98. The smallest absolute Gasteiger partial charge is 0.141 e. The van der Waals surface area contributed by atoms with E-state index in [4.69, 9.17) is 4.98 Å². The Labute approximate surface area is 165 Å². The van der Waals surface area contributed by atoms with Crippen LogP contribution in [0.2, 0.25) is 0 Å². The summed E-state index contributed by atoms with van der Waals surface area (Å²) in [7, 11) is -0.931. The van der Waals surface area contributed by atoms with E-state index in [0.29, 0.717) is 17.7 Å². The van der Waals surface area contributed by atoms with Crippen LogP contribution in [0, 0.1) is 5.92 Å². The van der Waals surface area contributed by atoms with Crippen LogP contribution < -0.4 is 5.32 Å². The van der Waals surface area contributed by atoms with Crippen LogP contribution in [-0.2, 0) is 27.4 Å². The number of rotatable bonds is 6. The highest BCUT2D eigenvalue weighted by Crippen LogP contribution is 2.38. The minimum absolute atomic E-state index is 0.209.